The van der Waals surface area contributed by atoms with Crippen LogP contribution in [0.1, 0.15) is 10.4 Å². The molecule has 0 aliphatic carbocycles. The highest BCUT2D eigenvalue weighted by atomic mass is 127. The van der Waals surface area contributed by atoms with Crippen LogP contribution in [0, 0.1) is 15.2 Å². The molecule has 0 fully saturated rings. The van der Waals surface area contributed by atoms with Crippen LogP contribution in [0.4, 0.5) is 14.5 Å². The summed E-state index contributed by atoms with van der Waals surface area (Å²) in [6, 6.07) is 7.84. The summed E-state index contributed by atoms with van der Waals surface area (Å²) in [5, 5.41) is 2.57. The number of carbonyl (C=O) groups is 1. The molecule has 0 aliphatic heterocycles. The Kier molecular flexibility index (Phi) is 4.51. The van der Waals surface area contributed by atoms with E-state index in [9.17, 15) is 13.6 Å². The van der Waals surface area contributed by atoms with Crippen molar-refractivity contribution in [2.45, 2.75) is 0 Å². The Morgan fingerprint density at radius 1 is 1.11 bits per heavy atom. The highest BCUT2D eigenvalue weighted by Gasteiger charge is 2.12. The maximum atomic E-state index is 13.1. The molecule has 0 unspecified atom stereocenters. The summed E-state index contributed by atoms with van der Waals surface area (Å²) < 4.78 is 27.1. The Labute approximate surface area is 130 Å². The molecule has 0 radical (unpaired) electrons. The lowest BCUT2D eigenvalue weighted by atomic mass is 10.2. The van der Waals surface area contributed by atoms with Gasteiger partial charge in [0.2, 0.25) is 0 Å². The number of halogens is 4. The van der Waals surface area contributed by atoms with Gasteiger partial charge in [-0.2, -0.15) is 0 Å². The molecule has 2 rings (SSSR count). The van der Waals surface area contributed by atoms with Gasteiger partial charge >= 0.3 is 0 Å². The van der Waals surface area contributed by atoms with Crippen molar-refractivity contribution in [1.82, 2.24) is 0 Å². The monoisotopic (exact) mass is 437 g/mol. The predicted molar refractivity (Wildman–Crippen MR) is 81.2 cm³/mol. The van der Waals surface area contributed by atoms with Crippen LogP contribution < -0.4 is 5.32 Å². The molecule has 0 atom stereocenters. The maximum absolute atomic E-state index is 13.1. The first-order valence-corrected chi connectivity index (χ1v) is 7.06. The van der Waals surface area contributed by atoms with Gasteiger partial charge in [-0.1, -0.05) is 0 Å². The Morgan fingerprint density at radius 2 is 1.74 bits per heavy atom. The highest BCUT2D eigenvalue weighted by Crippen LogP contribution is 2.24. The molecule has 0 aromatic heterocycles. The molecule has 2 aromatic rings. The summed E-state index contributed by atoms with van der Waals surface area (Å²) in [6.07, 6.45) is 0. The molecule has 0 saturated carbocycles. The molecular formula is C13H7BrF2INO. The van der Waals surface area contributed by atoms with E-state index in [1.807, 2.05) is 22.6 Å². The fourth-order valence-corrected chi connectivity index (χ4v) is 2.52. The van der Waals surface area contributed by atoms with E-state index in [0.717, 1.165) is 0 Å². The molecule has 0 saturated heterocycles. The van der Waals surface area contributed by atoms with E-state index in [0.29, 0.717) is 19.3 Å². The highest BCUT2D eigenvalue weighted by molar-refractivity contribution is 14.1. The third-order valence-corrected chi connectivity index (χ3v) is 3.94. The number of amides is 1. The van der Waals surface area contributed by atoms with E-state index < -0.39 is 17.5 Å². The third kappa shape index (κ3) is 3.50. The summed E-state index contributed by atoms with van der Waals surface area (Å²) in [4.78, 5) is 12.0. The lowest BCUT2D eigenvalue weighted by Crippen LogP contribution is -2.14. The summed E-state index contributed by atoms with van der Waals surface area (Å²) in [7, 11) is 0. The Bertz CT molecular complexity index is 649. The number of carbonyl (C=O) groups excluding carboxylic acids is 1. The summed E-state index contributed by atoms with van der Waals surface area (Å²) >= 11 is 5.09. The average molecular weight is 438 g/mol. The molecular weight excluding hydrogens is 431 g/mol. The van der Waals surface area contributed by atoms with Gasteiger partial charge < -0.3 is 5.32 Å². The van der Waals surface area contributed by atoms with Gasteiger partial charge in [0.15, 0.2) is 0 Å². The SMILES string of the molecule is O=C(Nc1cc(F)ccc1Br)c1ccc(F)cc1I. The van der Waals surface area contributed by atoms with Crippen LogP contribution in [-0.2, 0) is 0 Å². The minimum atomic E-state index is -0.452. The van der Waals surface area contributed by atoms with Crippen molar-refractivity contribution in [2.24, 2.45) is 0 Å². The molecule has 1 amide bonds. The second-order valence-corrected chi connectivity index (χ2v) is 5.72. The first-order valence-electron chi connectivity index (χ1n) is 5.19. The molecule has 0 bridgehead atoms. The topological polar surface area (TPSA) is 29.1 Å². The fraction of sp³-hybridized carbons (Fsp3) is 0. The van der Waals surface area contributed by atoms with Gasteiger partial charge in [0.25, 0.3) is 5.91 Å². The van der Waals surface area contributed by atoms with Crippen LogP contribution in [0.25, 0.3) is 0 Å². The van der Waals surface area contributed by atoms with Crippen LogP contribution in [0.3, 0.4) is 0 Å². The number of benzene rings is 2. The standard InChI is InChI=1S/C13H7BrF2INO/c14-10-4-2-8(16)6-12(10)18-13(19)9-3-1-7(15)5-11(9)17/h1-6H,(H,18,19). The van der Waals surface area contributed by atoms with Gasteiger partial charge in [0.05, 0.1) is 11.3 Å². The van der Waals surface area contributed by atoms with Crippen LogP contribution in [0.2, 0.25) is 0 Å². The van der Waals surface area contributed by atoms with Crippen LogP contribution in [-0.4, -0.2) is 5.91 Å². The van der Waals surface area contributed by atoms with Gasteiger partial charge in [0, 0.05) is 8.04 Å². The summed E-state index contributed by atoms with van der Waals surface area (Å²) in [6.45, 7) is 0. The molecule has 98 valence electrons. The van der Waals surface area contributed by atoms with E-state index in [-0.39, 0.29) is 0 Å². The number of anilines is 1. The van der Waals surface area contributed by atoms with Crippen molar-refractivity contribution in [3.63, 3.8) is 0 Å². The molecule has 6 heteroatoms. The van der Waals surface area contributed by atoms with Crippen LogP contribution in [0.15, 0.2) is 40.9 Å². The Morgan fingerprint density at radius 3 is 2.42 bits per heavy atom. The van der Waals surface area contributed by atoms with Gasteiger partial charge in [-0.05, 0) is 74.9 Å². The molecule has 0 aliphatic rings. The zero-order valence-corrected chi connectivity index (χ0v) is 13.1. The predicted octanol–water partition coefficient (Wildman–Crippen LogP) is 4.58. The molecule has 0 heterocycles. The maximum Gasteiger partial charge on any atom is 0.256 e. The number of hydrogen-bond donors (Lipinski definition) is 1. The number of rotatable bonds is 2. The summed E-state index contributed by atoms with van der Waals surface area (Å²) in [5.41, 5.74) is 0.656. The van der Waals surface area contributed by atoms with E-state index in [4.69, 9.17) is 0 Å². The van der Waals surface area contributed by atoms with Crippen molar-refractivity contribution in [3.05, 3.63) is 61.6 Å². The largest absolute Gasteiger partial charge is 0.321 e. The minimum Gasteiger partial charge on any atom is -0.321 e. The van der Waals surface area contributed by atoms with Crippen molar-refractivity contribution in [2.75, 3.05) is 5.32 Å². The molecule has 2 aromatic carbocycles. The summed E-state index contributed by atoms with van der Waals surface area (Å²) in [5.74, 6) is -1.28. The van der Waals surface area contributed by atoms with Crippen molar-refractivity contribution in [3.8, 4) is 0 Å². The Hall–Kier alpha value is -1.02. The fourth-order valence-electron chi connectivity index (χ4n) is 1.46. The third-order valence-electron chi connectivity index (χ3n) is 2.35. The lowest BCUT2D eigenvalue weighted by molar-refractivity contribution is 0.102. The molecule has 2 nitrogen and oxygen atoms in total. The molecule has 1 N–H and O–H groups in total. The van der Waals surface area contributed by atoms with E-state index in [1.54, 1.807) is 0 Å². The minimum absolute atomic E-state index is 0.324. The quantitative estimate of drug-likeness (QED) is 0.684. The van der Waals surface area contributed by atoms with Gasteiger partial charge in [-0.3, -0.25) is 4.79 Å². The average Bonchev–Trinajstić information content (AvgIpc) is 2.33. The lowest BCUT2D eigenvalue weighted by Gasteiger charge is -2.09. The van der Waals surface area contributed by atoms with Crippen molar-refractivity contribution in [1.29, 1.82) is 0 Å². The van der Waals surface area contributed by atoms with Crippen molar-refractivity contribution >= 4 is 50.1 Å². The van der Waals surface area contributed by atoms with Gasteiger partial charge in [-0.15, -0.1) is 0 Å². The zero-order valence-electron chi connectivity index (χ0n) is 9.38. The molecule has 19 heavy (non-hydrogen) atoms. The van der Waals surface area contributed by atoms with Crippen LogP contribution in [0.5, 0.6) is 0 Å². The smallest absolute Gasteiger partial charge is 0.256 e. The zero-order chi connectivity index (χ0) is 14.0. The van der Waals surface area contributed by atoms with Crippen LogP contribution >= 0.6 is 38.5 Å². The normalized spacial score (nSPS) is 10.3. The van der Waals surface area contributed by atoms with Crippen molar-refractivity contribution < 1.29 is 13.6 Å². The Balaban J connectivity index is 2.28. The molecule has 0 spiro atoms. The first kappa shape index (κ1) is 14.4. The van der Waals surface area contributed by atoms with Gasteiger partial charge in [-0.25, -0.2) is 8.78 Å². The second-order valence-electron chi connectivity index (χ2n) is 3.70. The number of nitrogens with one attached hydrogen (secondary N) is 1. The van der Waals surface area contributed by atoms with E-state index in [2.05, 4.69) is 21.2 Å². The van der Waals surface area contributed by atoms with E-state index >= 15 is 0 Å². The number of hydrogen-bond acceptors (Lipinski definition) is 1. The van der Waals surface area contributed by atoms with E-state index in [1.165, 1.54) is 36.4 Å². The first-order chi connectivity index (χ1) is 8.97. The second kappa shape index (κ2) is 5.96. The van der Waals surface area contributed by atoms with Gasteiger partial charge in [0.1, 0.15) is 11.6 Å².